The molecule has 0 aliphatic carbocycles. The van der Waals surface area contributed by atoms with E-state index in [-0.39, 0.29) is 6.61 Å². The third-order valence-corrected chi connectivity index (χ3v) is 4.32. The predicted molar refractivity (Wildman–Crippen MR) is 88.5 cm³/mol. The molecule has 1 aromatic rings. The van der Waals surface area contributed by atoms with Gasteiger partial charge >= 0.3 is 5.97 Å². The molecule has 2 rings (SSSR count). The molecule has 1 saturated heterocycles. The van der Waals surface area contributed by atoms with Crippen LogP contribution in [-0.4, -0.2) is 48.2 Å². The van der Waals surface area contributed by atoms with E-state index >= 15 is 0 Å². The van der Waals surface area contributed by atoms with Gasteiger partial charge in [-0.2, -0.15) is 0 Å². The smallest absolute Gasteiger partial charge is 0.314 e. The van der Waals surface area contributed by atoms with Gasteiger partial charge in [0, 0.05) is 12.1 Å². The van der Waals surface area contributed by atoms with Crippen LogP contribution >= 0.6 is 0 Å². The average Bonchev–Trinajstić information content (AvgIpc) is 2.84. The first kappa shape index (κ1) is 18.3. The first-order chi connectivity index (χ1) is 11.6. The summed E-state index contributed by atoms with van der Waals surface area (Å²) < 4.78 is 10.5. The van der Waals surface area contributed by atoms with Crippen molar-refractivity contribution in [3.05, 3.63) is 29.8 Å². The number of aliphatic hydroxyl groups is 1. The molecular formula is C18H25NO5. The maximum atomic E-state index is 12.5. The van der Waals surface area contributed by atoms with E-state index in [1.807, 2.05) is 25.1 Å². The molecule has 1 N–H and O–H groups in total. The molecule has 0 radical (unpaired) electrons. The summed E-state index contributed by atoms with van der Waals surface area (Å²) in [6.07, 6.45) is 0.304. The highest BCUT2D eigenvalue weighted by Gasteiger charge is 2.52. The van der Waals surface area contributed by atoms with E-state index in [2.05, 4.69) is 0 Å². The van der Waals surface area contributed by atoms with E-state index in [4.69, 9.17) is 9.47 Å². The summed E-state index contributed by atoms with van der Waals surface area (Å²) in [7, 11) is 1.54. The highest BCUT2D eigenvalue weighted by molar-refractivity contribution is 5.92. The van der Waals surface area contributed by atoms with Crippen LogP contribution in [0.2, 0.25) is 0 Å². The number of aliphatic hydroxyl groups excluding tert-OH is 1. The number of para-hydroxylation sites is 1. The lowest BCUT2D eigenvalue weighted by molar-refractivity contribution is -0.153. The average molecular weight is 335 g/mol. The number of esters is 1. The number of hydrogen-bond acceptors (Lipinski definition) is 5. The molecule has 1 amide bonds. The number of ether oxygens (including phenoxy) is 2. The number of hydrogen-bond donors (Lipinski definition) is 1. The lowest BCUT2D eigenvalue weighted by Gasteiger charge is -2.28. The molecule has 0 bridgehead atoms. The minimum absolute atomic E-state index is 0.198. The summed E-state index contributed by atoms with van der Waals surface area (Å²) >= 11 is 0. The van der Waals surface area contributed by atoms with Crippen molar-refractivity contribution < 1.29 is 24.2 Å². The van der Waals surface area contributed by atoms with Gasteiger partial charge in [-0.15, -0.1) is 0 Å². The normalized spacial score (nSPS) is 23.4. The van der Waals surface area contributed by atoms with E-state index in [0.29, 0.717) is 17.9 Å². The molecule has 24 heavy (non-hydrogen) atoms. The minimum atomic E-state index is -1.39. The van der Waals surface area contributed by atoms with Gasteiger partial charge in [0.1, 0.15) is 17.8 Å². The largest absolute Gasteiger partial charge is 0.496 e. The topological polar surface area (TPSA) is 76.1 Å². The number of nitrogens with zero attached hydrogens (tertiary/aromatic N) is 1. The zero-order valence-corrected chi connectivity index (χ0v) is 14.4. The van der Waals surface area contributed by atoms with Gasteiger partial charge in [0.2, 0.25) is 0 Å². The van der Waals surface area contributed by atoms with Crippen molar-refractivity contribution in [2.24, 2.45) is 5.92 Å². The Morgan fingerprint density at radius 3 is 2.62 bits per heavy atom. The molecule has 0 aromatic heterocycles. The molecule has 3 atom stereocenters. The highest BCUT2D eigenvalue weighted by atomic mass is 16.5. The van der Waals surface area contributed by atoms with Gasteiger partial charge < -0.3 is 19.5 Å². The van der Waals surface area contributed by atoms with Gasteiger partial charge in [0.15, 0.2) is 0 Å². The van der Waals surface area contributed by atoms with Crippen LogP contribution in [0.1, 0.15) is 38.3 Å². The molecule has 1 heterocycles. The van der Waals surface area contributed by atoms with Crippen molar-refractivity contribution in [2.45, 2.75) is 38.8 Å². The number of carbonyl (C=O) groups excluding carboxylic acids is 2. The highest BCUT2D eigenvalue weighted by Crippen LogP contribution is 2.42. The Hall–Kier alpha value is -2.08. The molecular weight excluding hydrogens is 310 g/mol. The van der Waals surface area contributed by atoms with Gasteiger partial charge in [-0.3, -0.25) is 9.59 Å². The maximum absolute atomic E-state index is 12.5. The monoisotopic (exact) mass is 335 g/mol. The van der Waals surface area contributed by atoms with Gasteiger partial charge in [0.25, 0.3) is 5.91 Å². The fraction of sp³-hybridized carbons (Fsp3) is 0.556. The SMILES string of the molecule is CCCCN1C(=O)C(O)C(C(=O)OCC)C1c1ccccc1OC. The number of benzene rings is 1. The Morgan fingerprint density at radius 1 is 1.29 bits per heavy atom. The lowest BCUT2D eigenvalue weighted by atomic mass is 9.91. The Kier molecular flexibility index (Phi) is 6.20. The van der Waals surface area contributed by atoms with Crippen molar-refractivity contribution in [1.29, 1.82) is 0 Å². The van der Waals surface area contributed by atoms with Crippen molar-refractivity contribution in [2.75, 3.05) is 20.3 Å². The zero-order chi connectivity index (χ0) is 17.7. The number of unbranched alkanes of at least 4 members (excludes halogenated alkanes) is 1. The van der Waals surface area contributed by atoms with E-state index in [9.17, 15) is 14.7 Å². The number of rotatable bonds is 7. The second kappa shape index (κ2) is 8.15. The number of carbonyl (C=O) groups is 2. The Labute approximate surface area is 142 Å². The molecule has 1 aromatic carbocycles. The quantitative estimate of drug-likeness (QED) is 0.771. The standard InChI is InChI=1S/C18H25NO5/c1-4-6-11-19-15(12-9-7-8-10-13(12)23-3)14(16(20)17(19)21)18(22)24-5-2/h7-10,14-16,20H,4-6,11H2,1-3H3. The molecule has 3 unspecified atom stereocenters. The van der Waals surface area contributed by atoms with Crippen molar-refractivity contribution in [3.63, 3.8) is 0 Å². The van der Waals surface area contributed by atoms with Gasteiger partial charge in [-0.1, -0.05) is 31.5 Å². The van der Waals surface area contributed by atoms with Gasteiger partial charge in [-0.25, -0.2) is 0 Å². The molecule has 1 aliphatic heterocycles. The van der Waals surface area contributed by atoms with Crippen molar-refractivity contribution in [1.82, 2.24) is 4.90 Å². The second-order valence-corrected chi connectivity index (χ2v) is 5.79. The zero-order valence-electron chi connectivity index (χ0n) is 14.4. The van der Waals surface area contributed by atoms with E-state index in [0.717, 1.165) is 12.8 Å². The van der Waals surface area contributed by atoms with Crippen LogP contribution in [0.25, 0.3) is 0 Å². The molecule has 6 heteroatoms. The predicted octanol–water partition coefficient (Wildman–Crippen LogP) is 1.92. The fourth-order valence-corrected chi connectivity index (χ4v) is 3.17. The third kappa shape index (κ3) is 3.38. The summed E-state index contributed by atoms with van der Waals surface area (Å²) in [5, 5.41) is 10.4. The van der Waals surface area contributed by atoms with Gasteiger partial charge in [0.05, 0.1) is 19.8 Å². The van der Waals surface area contributed by atoms with Crippen LogP contribution in [-0.2, 0) is 14.3 Å². The number of methoxy groups -OCH3 is 1. The molecule has 1 aliphatic rings. The second-order valence-electron chi connectivity index (χ2n) is 5.79. The van der Waals surface area contributed by atoms with Crippen molar-refractivity contribution in [3.8, 4) is 5.75 Å². The molecule has 0 spiro atoms. The van der Waals surface area contributed by atoms with Crippen LogP contribution < -0.4 is 4.74 Å². The summed E-state index contributed by atoms with van der Waals surface area (Å²) in [5.41, 5.74) is 0.707. The van der Waals surface area contributed by atoms with Crippen LogP contribution in [0, 0.1) is 5.92 Å². The summed E-state index contributed by atoms with van der Waals surface area (Å²) in [5.74, 6) is -1.36. The molecule has 1 fully saturated rings. The molecule has 0 saturated carbocycles. The third-order valence-electron chi connectivity index (χ3n) is 4.32. The van der Waals surface area contributed by atoms with Crippen molar-refractivity contribution >= 4 is 11.9 Å². The minimum Gasteiger partial charge on any atom is -0.496 e. The van der Waals surface area contributed by atoms with E-state index in [1.165, 1.54) is 0 Å². The summed E-state index contributed by atoms with van der Waals surface area (Å²) in [4.78, 5) is 26.5. The maximum Gasteiger partial charge on any atom is 0.314 e. The van der Waals surface area contributed by atoms with E-state index in [1.54, 1.807) is 25.0 Å². The summed E-state index contributed by atoms with van der Waals surface area (Å²) in [6.45, 7) is 4.40. The molecule has 132 valence electrons. The van der Waals surface area contributed by atoms with Crippen LogP contribution in [0.5, 0.6) is 5.75 Å². The summed E-state index contributed by atoms with van der Waals surface area (Å²) in [6, 6.07) is 6.66. The Bertz CT molecular complexity index is 589. The first-order valence-corrected chi connectivity index (χ1v) is 8.34. The first-order valence-electron chi connectivity index (χ1n) is 8.34. The fourth-order valence-electron chi connectivity index (χ4n) is 3.17. The van der Waals surface area contributed by atoms with Crippen LogP contribution in [0.4, 0.5) is 0 Å². The lowest BCUT2D eigenvalue weighted by Crippen LogP contribution is -2.32. The number of amides is 1. The Morgan fingerprint density at radius 2 is 2.00 bits per heavy atom. The molecule has 6 nitrogen and oxygen atoms in total. The van der Waals surface area contributed by atoms with E-state index < -0.39 is 29.9 Å². The van der Waals surface area contributed by atoms with Crippen LogP contribution in [0.15, 0.2) is 24.3 Å². The van der Waals surface area contributed by atoms with Crippen LogP contribution in [0.3, 0.4) is 0 Å². The Balaban J connectivity index is 2.48. The van der Waals surface area contributed by atoms with Gasteiger partial charge in [-0.05, 0) is 19.4 Å². The number of likely N-dealkylation sites (tertiary alicyclic amines) is 1.